The van der Waals surface area contributed by atoms with Crippen molar-refractivity contribution in [2.45, 2.75) is 38.6 Å². The van der Waals surface area contributed by atoms with Crippen LogP contribution in [0.15, 0.2) is 18.3 Å². The molecular formula is C16H23N3O. The van der Waals surface area contributed by atoms with Crippen LogP contribution in [-0.4, -0.2) is 42.0 Å². The van der Waals surface area contributed by atoms with Gasteiger partial charge in [-0.1, -0.05) is 6.07 Å². The monoisotopic (exact) mass is 273 g/mol. The summed E-state index contributed by atoms with van der Waals surface area (Å²) in [6.07, 6.45) is 6.32. The molecule has 4 nitrogen and oxygen atoms in total. The Morgan fingerprint density at radius 2 is 2.15 bits per heavy atom. The van der Waals surface area contributed by atoms with E-state index < -0.39 is 0 Å². The third-order valence-electron chi connectivity index (χ3n) is 4.44. The minimum atomic E-state index is 0.313. The summed E-state index contributed by atoms with van der Waals surface area (Å²) in [4.78, 5) is 21.0. The molecule has 20 heavy (non-hydrogen) atoms. The number of carbonyl (C=O) groups excluding carboxylic acids is 1. The second-order valence-corrected chi connectivity index (χ2v) is 6.16. The van der Waals surface area contributed by atoms with Crippen LogP contribution in [0.2, 0.25) is 0 Å². The molecule has 2 aliphatic rings. The molecule has 0 spiro atoms. The van der Waals surface area contributed by atoms with Gasteiger partial charge in [-0.3, -0.25) is 4.79 Å². The Bertz CT molecular complexity index is 481. The standard InChI is InChI=1S/C16H23N3O/c1-12-5-8-15(17-10-12)19-9-3-4-14(11-19)18(2)16(20)13-6-7-13/h5,8,10,13-14H,3-4,6-7,9,11H2,1-2H3. The summed E-state index contributed by atoms with van der Waals surface area (Å²) < 4.78 is 0. The van der Waals surface area contributed by atoms with Gasteiger partial charge in [0.1, 0.15) is 5.82 Å². The number of rotatable bonds is 3. The van der Waals surface area contributed by atoms with Gasteiger partial charge in [0.25, 0.3) is 0 Å². The van der Waals surface area contributed by atoms with Gasteiger partial charge in [0, 0.05) is 38.3 Å². The van der Waals surface area contributed by atoms with Crippen LogP contribution in [0.4, 0.5) is 5.82 Å². The topological polar surface area (TPSA) is 36.4 Å². The Morgan fingerprint density at radius 1 is 1.35 bits per heavy atom. The fraction of sp³-hybridized carbons (Fsp3) is 0.625. The number of anilines is 1. The molecule has 0 radical (unpaired) electrons. The molecule has 1 saturated heterocycles. The molecule has 1 amide bonds. The fourth-order valence-corrected chi connectivity index (χ4v) is 2.92. The summed E-state index contributed by atoms with van der Waals surface area (Å²) >= 11 is 0. The summed E-state index contributed by atoms with van der Waals surface area (Å²) in [6, 6.07) is 4.52. The third-order valence-corrected chi connectivity index (χ3v) is 4.44. The maximum absolute atomic E-state index is 12.2. The molecular weight excluding hydrogens is 250 g/mol. The molecule has 1 aromatic heterocycles. The number of nitrogens with zero attached hydrogens (tertiary/aromatic N) is 3. The van der Waals surface area contributed by atoms with Crippen LogP contribution >= 0.6 is 0 Å². The van der Waals surface area contributed by atoms with Crippen LogP contribution in [0.3, 0.4) is 0 Å². The first kappa shape index (κ1) is 13.4. The zero-order valence-corrected chi connectivity index (χ0v) is 12.4. The summed E-state index contributed by atoms with van der Waals surface area (Å²) in [5, 5.41) is 0. The van der Waals surface area contributed by atoms with Crippen molar-refractivity contribution in [3.8, 4) is 0 Å². The van der Waals surface area contributed by atoms with Crippen LogP contribution in [0.25, 0.3) is 0 Å². The van der Waals surface area contributed by atoms with E-state index in [0.29, 0.717) is 17.9 Å². The summed E-state index contributed by atoms with van der Waals surface area (Å²) in [7, 11) is 1.97. The number of piperidine rings is 1. The zero-order valence-electron chi connectivity index (χ0n) is 12.4. The van der Waals surface area contributed by atoms with Gasteiger partial charge in [-0.05, 0) is 44.2 Å². The highest BCUT2D eigenvalue weighted by molar-refractivity contribution is 5.81. The number of likely N-dealkylation sites (N-methyl/N-ethyl adjacent to an activating group) is 1. The zero-order chi connectivity index (χ0) is 14.1. The minimum absolute atomic E-state index is 0.313. The van der Waals surface area contributed by atoms with Crippen LogP contribution in [0.5, 0.6) is 0 Å². The first-order valence-electron chi connectivity index (χ1n) is 7.59. The second kappa shape index (κ2) is 5.43. The Hall–Kier alpha value is -1.58. The first-order valence-corrected chi connectivity index (χ1v) is 7.59. The molecule has 1 aliphatic heterocycles. The number of carbonyl (C=O) groups is 1. The van der Waals surface area contributed by atoms with Gasteiger partial charge in [0.2, 0.25) is 5.91 Å². The number of aromatic nitrogens is 1. The molecule has 1 atom stereocenters. The van der Waals surface area contributed by atoms with E-state index in [4.69, 9.17) is 0 Å². The van der Waals surface area contributed by atoms with Gasteiger partial charge in [-0.25, -0.2) is 4.98 Å². The number of hydrogen-bond donors (Lipinski definition) is 0. The molecule has 1 aromatic rings. The number of pyridine rings is 1. The molecule has 1 saturated carbocycles. The van der Waals surface area contributed by atoms with E-state index in [1.54, 1.807) is 0 Å². The molecule has 0 bridgehead atoms. The lowest BCUT2D eigenvalue weighted by Gasteiger charge is -2.38. The highest BCUT2D eigenvalue weighted by Gasteiger charge is 2.35. The lowest BCUT2D eigenvalue weighted by molar-refractivity contribution is -0.133. The molecule has 2 fully saturated rings. The normalized spacial score (nSPS) is 22.7. The highest BCUT2D eigenvalue weighted by Crippen LogP contribution is 2.32. The van der Waals surface area contributed by atoms with Crippen molar-refractivity contribution in [1.82, 2.24) is 9.88 Å². The Labute approximate surface area is 120 Å². The van der Waals surface area contributed by atoms with E-state index >= 15 is 0 Å². The van der Waals surface area contributed by atoms with Crippen LogP contribution in [0, 0.1) is 12.8 Å². The molecule has 108 valence electrons. The van der Waals surface area contributed by atoms with E-state index in [0.717, 1.165) is 44.6 Å². The SMILES string of the molecule is Cc1ccc(N2CCCC(N(C)C(=O)C3CC3)C2)nc1. The van der Waals surface area contributed by atoms with Crippen molar-refractivity contribution in [3.63, 3.8) is 0 Å². The Kier molecular flexibility index (Phi) is 3.64. The van der Waals surface area contributed by atoms with Gasteiger partial charge in [0.05, 0.1) is 0 Å². The van der Waals surface area contributed by atoms with Crippen LogP contribution < -0.4 is 4.90 Å². The summed E-state index contributed by atoms with van der Waals surface area (Å²) in [5.74, 6) is 1.69. The predicted octanol–water partition coefficient (Wildman–Crippen LogP) is 2.23. The maximum atomic E-state index is 12.2. The number of aryl methyl sites for hydroxylation is 1. The van der Waals surface area contributed by atoms with E-state index in [2.05, 4.69) is 28.9 Å². The molecule has 2 heterocycles. The van der Waals surface area contributed by atoms with Crippen molar-refractivity contribution in [1.29, 1.82) is 0 Å². The molecule has 1 aliphatic carbocycles. The van der Waals surface area contributed by atoms with Gasteiger partial charge < -0.3 is 9.80 Å². The van der Waals surface area contributed by atoms with Gasteiger partial charge in [-0.15, -0.1) is 0 Å². The van der Waals surface area contributed by atoms with Gasteiger partial charge in [-0.2, -0.15) is 0 Å². The average Bonchev–Trinajstić information content (AvgIpc) is 3.31. The molecule has 3 rings (SSSR count). The van der Waals surface area contributed by atoms with Gasteiger partial charge in [0.15, 0.2) is 0 Å². The van der Waals surface area contributed by atoms with Crippen molar-refractivity contribution >= 4 is 11.7 Å². The average molecular weight is 273 g/mol. The van der Waals surface area contributed by atoms with E-state index in [1.807, 2.05) is 18.1 Å². The van der Waals surface area contributed by atoms with E-state index in [9.17, 15) is 4.79 Å². The largest absolute Gasteiger partial charge is 0.355 e. The maximum Gasteiger partial charge on any atom is 0.225 e. The van der Waals surface area contributed by atoms with Crippen molar-refractivity contribution in [2.24, 2.45) is 5.92 Å². The lowest BCUT2D eigenvalue weighted by Crippen LogP contribution is -2.49. The van der Waals surface area contributed by atoms with Crippen molar-refractivity contribution in [3.05, 3.63) is 23.9 Å². The second-order valence-electron chi connectivity index (χ2n) is 6.16. The number of hydrogen-bond acceptors (Lipinski definition) is 3. The quantitative estimate of drug-likeness (QED) is 0.847. The number of amides is 1. The van der Waals surface area contributed by atoms with Crippen LogP contribution in [0.1, 0.15) is 31.2 Å². The fourth-order valence-electron chi connectivity index (χ4n) is 2.92. The van der Waals surface area contributed by atoms with Crippen molar-refractivity contribution < 1.29 is 4.79 Å². The third kappa shape index (κ3) is 2.79. The molecule has 0 N–H and O–H groups in total. The van der Waals surface area contributed by atoms with Gasteiger partial charge >= 0.3 is 0 Å². The minimum Gasteiger partial charge on any atom is -0.355 e. The first-order chi connectivity index (χ1) is 9.65. The smallest absolute Gasteiger partial charge is 0.225 e. The summed E-state index contributed by atoms with van der Waals surface area (Å²) in [5.41, 5.74) is 1.18. The Balaban J connectivity index is 1.66. The van der Waals surface area contributed by atoms with Crippen molar-refractivity contribution in [2.75, 3.05) is 25.0 Å². The highest BCUT2D eigenvalue weighted by atomic mass is 16.2. The molecule has 1 unspecified atom stereocenters. The predicted molar refractivity (Wildman–Crippen MR) is 79.7 cm³/mol. The van der Waals surface area contributed by atoms with E-state index in [1.165, 1.54) is 5.56 Å². The lowest BCUT2D eigenvalue weighted by atomic mass is 10.0. The summed E-state index contributed by atoms with van der Waals surface area (Å²) in [6.45, 7) is 4.00. The molecule has 0 aromatic carbocycles. The van der Waals surface area contributed by atoms with E-state index in [-0.39, 0.29) is 0 Å². The van der Waals surface area contributed by atoms with Crippen LogP contribution in [-0.2, 0) is 4.79 Å². The Morgan fingerprint density at radius 3 is 2.80 bits per heavy atom. The molecule has 4 heteroatoms.